The van der Waals surface area contributed by atoms with E-state index in [0.717, 1.165) is 5.39 Å². The van der Waals surface area contributed by atoms with E-state index in [1.165, 1.54) is 0 Å². The summed E-state index contributed by atoms with van der Waals surface area (Å²) in [7, 11) is 0. The van der Waals surface area contributed by atoms with E-state index in [-0.39, 0.29) is 11.7 Å². The predicted molar refractivity (Wildman–Crippen MR) is 84.6 cm³/mol. The number of furan rings is 1. The molecule has 3 aromatic rings. The SMILES string of the molecule is CCOc1cccc2cc(C(=O)Nc3nnc(C)c(C)n3)oc12. The monoisotopic (exact) mass is 312 g/mol. The van der Waals surface area contributed by atoms with Crippen LogP contribution in [0.5, 0.6) is 5.75 Å². The summed E-state index contributed by atoms with van der Waals surface area (Å²) in [6, 6.07) is 7.15. The Morgan fingerprint density at radius 1 is 1.26 bits per heavy atom. The molecule has 0 aliphatic carbocycles. The van der Waals surface area contributed by atoms with Gasteiger partial charge in [0.15, 0.2) is 17.1 Å². The number of nitrogens with zero attached hydrogens (tertiary/aromatic N) is 3. The maximum atomic E-state index is 12.3. The van der Waals surface area contributed by atoms with Crippen molar-refractivity contribution >= 4 is 22.8 Å². The highest BCUT2D eigenvalue weighted by Gasteiger charge is 2.16. The van der Waals surface area contributed by atoms with Crippen molar-refractivity contribution in [2.24, 2.45) is 0 Å². The number of rotatable bonds is 4. The zero-order chi connectivity index (χ0) is 16.4. The molecule has 118 valence electrons. The maximum absolute atomic E-state index is 12.3. The van der Waals surface area contributed by atoms with Crippen LogP contribution in [0.15, 0.2) is 28.7 Å². The van der Waals surface area contributed by atoms with Gasteiger partial charge in [0.1, 0.15) is 0 Å². The normalized spacial score (nSPS) is 10.7. The van der Waals surface area contributed by atoms with E-state index in [4.69, 9.17) is 9.15 Å². The average molecular weight is 312 g/mol. The van der Waals surface area contributed by atoms with Gasteiger partial charge in [-0.2, -0.15) is 5.10 Å². The fourth-order valence-electron chi connectivity index (χ4n) is 2.09. The number of carbonyl (C=O) groups is 1. The lowest BCUT2D eigenvalue weighted by Gasteiger charge is -2.03. The van der Waals surface area contributed by atoms with Crippen LogP contribution >= 0.6 is 0 Å². The van der Waals surface area contributed by atoms with Crippen molar-refractivity contribution in [1.29, 1.82) is 0 Å². The molecule has 2 heterocycles. The van der Waals surface area contributed by atoms with E-state index in [2.05, 4.69) is 20.5 Å². The highest BCUT2D eigenvalue weighted by Crippen LogP contribution is 2.29. The standard InChI is InChI=1S/C16H16N4O3/c1-4-22-12-7-5-6-11-8-13(23-14(11)12)15(21)18-16-17-9(2)10(3)19-20-16/h5-8H,4H2,1-3H3,(H,17,18,20,21). The summed E-state index contributed by atoms with van der Waals surface area (Å²) in [5, 5.41) is 11.1. The van der Waals surface area contributed by atoms with Crippen LogP contribution < -0.4 is 10.1 Å². The number of nitrogens with one attached hydrogen (secondary N) is 1. The smallest absolute Gasteiger partial charge is 0.293 e. The van der Waals surface area contributed by atoms with E-state index in [0.29, 0.717) is 29.3 Å². The predicted octanol–water partition coefficient (Wildman–Crippen LogP) is 2.89. The summed E-state index contributed by atoms with van der Waals surface area (Å²) in [6.07, 6.45) is 0. The number of fused-ring (bicyclic) bond motifs is 1. The molecule has 2 aromatic heterocycles. The summed E-state index contributed by atoms with van der Waals surface area (Å²) < 4.78 is 11.1. The van der Waals surface area contributed by atoms with Crippen LogP contribution in [-0.4, -0.2) is 27.7 Å². The molecule has 0 fully saturated rings. The van der Waals surface area contributed by atoms with Gasteiger partial charge in [0.2, 0.25) is 5.95 Å². The average Bonchev–Trinajstić information content (AvgIpc) is 2.97. The summed E-state index contributed by atoms with van der Waals surface area (Å²) in [4.78, 5) is 16.5. The van der Waals surface area contributed by atoms with Crippen LogP contribution in [0.25, 0.3) is 11.0 Å². The molecule has 1 N–H and O–H groups in total. The van der Waals surface area contributed by atoms with E-state index in [1.54, 1.807) is 26.0 Å². The van der Waals surface area contributed by atoms with Gasteiger partial charge in [-0.3, -0.25) is 10.1 Å². The molecule has 0 atom stereocenters. The number of amides is 1. The number of aromatic nitrogens is 3. The lowest BCUT2D eigenvalue weighted by Crippen LogP contribution is -2.14. The number of carbonyl (C=O) groups excluding carboxylic acids is 1. The van der Waals surface area contributed by atoms with Crippen LogP contribution in [0, 0.1) is 13.8 Å². The van der Waals surface area contributed by atoms with E-state index >= 15 is 0 Å². The molecular weight excluding hydrogens is 296 g/mol. The number of hydrogen-bond donors (Lipinski definition) is 1. The van der Waals surface area contributed by atoms with Gasteiger partial charge < -0.3 is 9.15 Å². The van der Waals surface area contributed by atoms with E-state index in [1.807, 2.05) is 19.1 Å². The molecule has 0 saturated carbocycles. The Balaban J connectivity index is 1.88. The van der Waals surface area contributed by atoms with Crippen LogP contribution in [0.4, 0.5) is 5.95 Å². The van der Waals surface area contributed by atoms with Gasteiger partial charge in [-0.1, -0.05) is 12.1 Å². The number of anilines is 1. The van der Waals surface area contributed by atoms with Crippen molar-refractivity contribution in [3.8, 4) is 5.75 Å². The van der Waals surface area contributed by atoms with Gasteiger partial charge in [-0.15, -0.1) is 5.10 Å². The molecule has 1 aromatic carbocycles. The van der Waals surface area contributed by atoms with Crippen LogP contribution in [0.1, 0.15) is 28.9 Å². The number of benzene rings is 1. The van der Waals surface area contributed by atoms with Crippen molar-refractivity contribution in [2.75, 3.05) is 11.9 Å². The first kappa shape index (κ1) is 15.0. The molecule has 0 saturated heterocycles. The van der Waals surface area contributed by atoms with Crippen LogP contribution in [0.2, 0.25) is 0 Å². The number of para-hydroxylation sites is 1. The lowest BCUT2D eigenvalue weighted by molar-refractivity contribution is 0.0997. The minimum Gasteiger partial charge on any atom is -0.490 e. The van der Waals surface area contributed by atoms with E-state index < -0.39 is 5.91 Å². The Morgan fingerprint density at radius 3 is 2.83 bits per heavy atom. The zero-order valence-electron chi connectivity index (χ0n) is 13.1. The van der Waals surface area contributed by atoms with Gasteiger partial charge >= 0.3 is 0 Å². The first-order valence-corrected chi connectivity index (χ1v) is 7.23. The highest BCUT2D eigenvalue weighted by atomic mass is 16.5. The molecule has 1 amide bonds. The number of ether oxygens (including phenoxy) is 1. The fraction of sp³-hybridized carbons (Fsp3) is 0.250. The second kappa shape index (κ2) is 6.04. The minimum absolute atomic E-state index is 0.142. The Hall–Kier alpha value is -2.96. The quantitative estimate of drug-likeness (QED) is 0.796. The van der Waals surface area contributed by atoms with Crippen molar-refractivity contribution in [3.05, 3.63) is 41.4 Å². The molecule has 3 rings (SSSR count). The van der Waals surface area contributed by atoms with Gasteiger partial charge in [0.05, 0.1) is 18.0 Å². The second-order valence-electron chi connectivity index (χ2n) is 4.98. The topological polar surface area (TPSA) is 90.1 Å². The molecule has 0 aliphatic heterocycles. The van der Waals surface area contributed by atoms with Crippen molar-refractivity contribution in [3.63, 3.8) is 0 Å². The van der Waals surface area contributed by atoms with Gasteiger partial charge in [-0.25, -0.2) is 4.98 Å². The summed E-state index contributed by atoms with van der Waals surface area (Å²) in [6.45, 7) is 6.01. The molecule has 0 spiro atoms. The molecular formula is C16H16N4O3. The Labute approximate surface area is 132 Å². The number of hydrogen-bond acceptors (Lipinski definition) is 6. The van der Waals surface area contributed by atoms with Crippen molar-refractivity contribution in [1.82, 2.24) is 15.2 Å². The number of aryl methyl sites for hydroxylation is 2. The molecule has 0 unspecified atom stereocenters. The first-order chi connectivity index (χ1) is 11.1. The van der Waals surface area contributed by atoms with E-state index in [9.17, 15) is 4.79 Å². The third-order valence-electron chi connectivity index (χ3n) is 3.35. The molecule has 0 aliphatic rings. The van der Waals surface area contributed by atoms with Gasteiger partial charge in [0, 0.05) is 5.39 Å². The molecule has 0 bridgehead atoms. The fourth-order valence-corrected chi connectivity index (χ4v) is 2.09. The largest absolute Gasteiger partial charge is 0.490 e. The lowest BCUT2D eigenvalue weighted by atomic mass is 10.2. The third-order valence-corrected chi connectivity index (χ3v) is 3.35. The first-order valence-electron chi connectivity index (χ1n) is 7.23. The summed E-state index contributed by atoms with van der Waals surface area (Å²) in [5.41, 5.74) is 1.96. The van der Waals surface area contributed by atoms with Crippen molar-refractivity contribution in [2.45, 2.75) is 20.8 Å². The maximum Gasteiger partial charge on any atom is 0.293 e. The van der Waals surface area contributed by atoms with Crippen LogP contribution in [-0.2, 0) is 0 Å². The third kappa shape index (κ3) is 2.98. The summed E-state index contributed by atoms with van der Waals surface area (Å²) in [5.74, 6) is 0.472. The Kier molecular flexibility index (Phi) is 3.92. The Bertz CT molecular complexity index is 873. The zero-order valence-corrected chi connectivity index (χ0v) is 13.1. The summed E-state index contributed by atoms with van der Waals surface area (Å²) >= 11 is 0. The molecule has 0 radical (unpaired) electrons. The van der Waals surface area contributed by atoms with Gasteiger partial charge in [-0.05, 0) is 32.9 Å². The van der Waals surface area contributed by atoms with Crippen molar-refractivity contribution < 1.29 is 13.9 Å². The second-order valence-corrected chi connectivity index (χ2v) is 4.98. The minimum atomic E-state index is -0.436. The molecule has 23 heavy (non-hydrogen) atoms. The highest BCUT2D eigenvalue weighted by molar-refractivity contribution is 6.04. The van der Waals surface area contributed by atoms with Crippen LogP contribution in [0.3, 0.4) is 0 Å². The Morgan fingerprint density at radius 2 is 2.09 bits per heavy atom. The molecule has 7 heteroatoms. The molecule has 7 nitrogen and oxygen atoms in total. The van der Waals surface area contributed by atoms with Gasteiger partial charge in [0.25, 0.3) is 5.91 Å².